The van der Waals surface area contributed by atoms with Crippen molar-refractivity contribution >= 4 is 35.6 Å². The highest BCUT2D eigenvalue weighted by molar-refractivity contribution is 5.97. The van der Waals surface area contributed by atoms with Crippen LogP contribution in [0, 0.1) is 5.41 Å². The molecule has 0 radical (unpaired) electrons. The van der Waals surface area contributed by atoms with E-state index in [9.17, 15) is 9.59 Å². The Morgan fingerprint density at radius 2 is 1.86 bits per heavy atom. The summed E-state index contributed by atoms with van der Waals surface area (Å²) < 4.78 is 5.07. The normalized spacial score (nSPS) is 10.4. The number of carbonyl (C=O) groups excluding carboxylic acids is 2. The zero-order valence-electron chi connectivity index (χ0n) is 13.4. The van der Waals surface area contributed by atoms with Crippen LogP contribution in [0.5, 0.6) is 5.75 Å². The Bertz CT molecular complexity index is 527. The highest BCUT2D eigenvalue weighted by atomic mass is 35.5. The summed E-state index contributed by atoms with van der Waals surface area (Å²) in [6.07, 6.45) is 0.363. The van der Waals surface area contributed by atoms with Crippen LogP contribution in [-0.2, 0) is 9.59 Å². The Morgan fingerprint density at radius 3 is 2.41 bits per heavy atom. The Labute approximate surface area is 137 Å². The van der Waals surface area contributed by atoms with E-state index in [0.717, 1.165) is 0 Å². The summed E-state index contributed by atoms with van der Waals surface area (Å²) in [6, 6.07) is 4.98. The minimum absolute atomic E-state index is 0. The molecule has 0 bridgehead atoms. The van der Waals surface area contributed by atoms with E-state index in [4.69, 9.17) is 10.5 Å². The van der Waals surface area contributed by atoms with Crippen LogP contribution in [0.2, 0.25) is 0 Å². The lowest BCUT2D eigenvalue weighted by atomic mass is 9.92. The SMILES string of the molecule is COc1ccc(N)c(NC(=O)CNC(=O)CC(C)(C)C)c1.Cl. The second-order valence-corrected chi connectivity index (χ2v) is 6.02. The number of nitrogen functional groups attached to an aromatic ring is 1. The first-order valence-electron chi connectivity index (χ1n) is 6.71. The first kappa shape index (κ1) is 20.1. The van der Waals surface area contributed by atoms with Gasteiger partial charge >= 0.3 is 0 Å². The molecule has 0 saturated heterocycles. The van der Waals surface area contributed by atoms with Crippen molar-refractivity contribution < 1.29 is 14.3 Å². The predicted octanol–water partition coefficient (Wildman–Crippen LogP) is 2.19. The molecule has 0 aliphatic heterocycles. The van der Waals surface area contributed by atoms with Crippen LogP contribution in [0.15, 0.2) is 18.2 Å². The van der Waals surface area contributed by atoms with Crippen LogP contribution in [0.1, 0.15) is 27.2 Å². The van der Waals surface area contributed by atoms with Gasteiger partial charge in [-0.25, -0.2) is 0 Å². The van der Waals surface area contributed by atoms with E-state index in [0.29, 0.717) is 23.5 Å². The van der Waals surface area contributed by atoms with Crippen LogP contribution in [0.3, 0.4) is 0 Å². The maximum atomic E-state index is 11.8. The molecule has 0 heterocycles. The van der Waals surface area contributed by atoms with Gasteiger partial charge in [0.05, 0.1) is 25.0 Å². The highest BCUT2D eigenvalue weighted by Crippen LogP contribution is 2.24. The van der Waals surface area contributed by atoms with Crippen LogP contribution in [0.4, 0.5) is 11.4 Å². The van der Waals surface area contributed by atoms with E-state index in [1.54, 1.807) is 18.2 Å². The number of benzene rings is 1. The van der Waals surface area contributed by atoms with Crippen molar-refractivity contribution in [2.45, 2.75) is 27.2 Å². The first-order chi connectivity index (χ1) is 9.71. The molecule has 0 saturated carbocycles. The number of methoxy groups -OCH3 is 1. The molecule has 4 N–H and O–H groups in total. The molecule has 0 unspecified atom stereocenters. The van der Waals surface area contributed by atoms with Crippen molar-refractivity contribution in [3.8, 4) is 5.75 Å². The number of ether oxygens (including phenoxy) is 1. The fraction of sp³-hybridized carbons (Fsp3) is 0.467. The molecule has 0 aliphatic rings. The number of hydrogen-bond acceptors (Lipinski definition) is 4. The molecular formula is C15H24ClN3O3. The topological polar surface area (TPSA) is 93.4 Å². The molecule has 0 aromatic heterocycles. The van der Waals surface area contributed by atoms with E-state index in [2.05, 4.69) is 10.6 Å². The van der Waals surface area contributed by atoms with Crippen molar-refractivity contribution in [2.75, 3.05) is 24.7 Å². The standard InChI is InChI=1S/C15H23N3O3.ClH/c1-15(2,3)8-13(19)17-9-14(20)18-12-7-10(21-4)5-6-11(12)16;/h5-7H,8-9,16H2,1-4H3,(H,17,19)(H,18,20);1H. The van der Waals surface area contributed by atoms with E-state index >= 15 is 0 Å². The van der Waals surface area contributed by atoms with Crippen molar-refractivity contribution in [2.24, 2.45) is 5.41 Å². The maximum absolute atomic E-state index is 11.8. The Morgan fingerprint density at radius 1 is 1.23 bits per heavy atom. The summed E-state index contributed by atoms with van der Waals surface area (Å²) in [5.41, 5.74) is 6.56. The molecule has 2 amide bonds. The second kappa shape index (κ2) is 8.48. The molecule has 1 aromatic carbocycles. The third-order valence-corrected chi connectivity index (χ3v) is 2.67. The Hall–Kier alpha value is -1.95. The molecule has 0 aliphatic carbocycles. The molecule has 124 valence electrons. The third-order valence-electron chi connectivity index (χ3n) is 2.67. The van der Waals surface area contributed by atoms with Gasteiger partial charge in [0.2, 0.25) is 11.8 Å². The van der Waals surface area contributed by atoms with E-state index in [1.807, 2.05) is 20.8 Å². The van der Waals surface area contributed by atoms with Crippen LogP contribution in [0.25, 0.3) is 0 Å². The van der Waals surface area contributed by atoms with Gasteiger partial charge in [-0.3, -0.25) is 9.59 Å². The van der Waals surface area contributed by atoms with Gasteiger partial charge in [0.15, 0.2) is 0 Å². The van der Waals surface area contributed by atoms with Crippen LogP contribution < -0.4 is 21.1 Å². The highest BCUT2D eigenvalue weighted by Gasteiger charge is 2.16. The molecular weight excluding hydrogens is 306 g/mol. The quantitative estimate of drug-likeness (QED) is 0.722. The summed E-state index contributed by atoms with van der Waals surface area (Å²) in [5, 5.41) is 5.23. The fourth-order valence-corrected chi connectivity index (χ4v) is 1.69. The predicted molar refractivity (Wildman–Crippen MR) is 90.4 cm³/mol. The summed E-state index contributed by atoms with van der Waals surface area (Å²) in [5.74, 6) is 0.102. The third kappa shape index (κ3) is 7.17. The average Bonchev–Trinajstić information content (AvgIpc) is 2.37. The average molecular weight is 330 g/mol. The largest absolute Gasteiger partial charge is 0.497 e. The zero-order chi connectivity index (χ0) is 16.0. The molecule has 0 spiro atoms. The van der Waals surface area contributed by atoms with Gasteiger partial charge in [0.25, 0.3) is 0 Å². The van der Waals surface area contributed by atoms with Gasteiger partial charge < -0.3 is 21.1 Å². The molecule has 1 aromatic rings. The minimum Gasteiger partial charge on any atom is -0.497 e. The lowest BCUT2D eigenvalue weighted by Gasteiger charge is -2.17. The monoisotopic (exact) mass is 329 g/mol. The first-order valence-corrected chi connectivity index (χ1v) is 6.71. The van der Waals surface area contributed by atoms with E-state index in [1.165, 1.54) is 7.11 Å². The number of hydrogen-bond donors (Lipinski definition) is 3. The van der Waals surface area contributed by atoms with Crippen molar-refractivity contribution in [1.29, 1.82) is 0 Å². The van der Waals surface area contributed by atoms with Gasteiger partial charge in [-0.05, 0) is 17.5 Å². The second-order valence-electron chi connectivity index (χ2n) is 6.02. The lowest BCUT2D eigenvalue weighted by molar-refractivity contribution is -0.125. The summed E-state index contributed by atoms with van der Waals surface area (Å²) in [4.78, 5) is 23.5. The summed E-state index contributed by atoms with van der Waals surface area (Å²) in [6.45, 7) is 5.79. The Kier molecular flexibility index (Phi) is 7.73. The number of halogens is 1. The molecule has 22 heavy (non-hydrogen) atoms. The number of rotatable bonds is 5. The number of anilines is 2. The zero-order valence-corrected chi connectivity index (χ0v) is 14.2. The smallest absolute Gasteiger partial charge is 0.243 e. The Balaban J connectivity index is 0.00000441. The lowest BCUT2D eigenvalue weighted by Crippen LogP contribution is -2.34. The van der Waals surface area contributed by atoms with Gasteiger partial charge in [-0.15, -0.1) is 12.4 Å². The van der Waals surface area contributed by atoms with E-state index in [-0.39, 0.29) is 36.2 Å². The molecule has 0 fully saturated rings. The van der Waals surface area contributed by atoms with Crippen molar-refractivity contribution in [1.82, 2.24) is 5.32 Å². The number of nitrogens with one attached hydrogen (secondary N) is 2. The van der Waals surface area contributed by atoms with Crippen LogP contribution >= 0.6 is 12.4 Å². The number of amides is 2. The van der Waals surface area contributed by atoms with Gasteiger partial charge in [-0.1, -0.05) is 20.8 Å². The molecule has 7 heteroatoms. The van der Waals surface area contributed by atoms with Crippen LogP contribution in [-0.4, -0.2) is 25.5 Å². The van der Waals surface area contributed by atoms with Crippen molar-refractivity contribution in [3.05, 3.63) is 18.2 Å². The van der Waals surface area contributed by atoms with Gasteiger partial charge in [0, 0.05) is 12.5 Å². The van der Waals surface area contributed by atoms with E-state index < -0.39 is 0 Å². The van der Waals surface area contributed by atoms with Gasteiger partial charge in [-0.2, -0.15) is 0 Å². The molecule has 1 rings (SSSR count). The van der Waals surface area contributed by atoms with Gasteiger partial charge in [0.1, 0.15) is 5.75 Å². The minimum atomic E-state index is -0.336. The molecule has 6 nitrogen and oxygen atoms in total. The number of carbonyl (C=O) groups is 2. The fourth-order valence-electron chi connectivity index (χ4n) is 1.69. The number of nitrogens with two attached hydrogens (primary N) is 1. The van der Waals surface area contributed by atoms with Crippen molar-refractivity contribution in [3.63, 3.8) is 0 Å². The summed E-state index contributed by atoms with van der Waals surface area (Å²) >= 11 is 0. The maximum Gasteiger partial charge on any atom is 0.243 e. The molecule has 0 atom stereocenters. The summed E-state index contributed by atoms with van der Waals surface area (Å²) in [7, 11) is 1.53.